The zero-order valence-corrected chi connectivity index (χ0v) is 28.6. The maximum Gasteiger partial charge on any atom is 0.221 e. The molecule has 46 heavy (non-hydrogen) atoms. The van der Waals surface area contributed by atoms with Gasteiger partial charge in [0.25, 0.3) is 0 Å². The summed E-state index contributed by atoms with van der Waals surface area (Å²) < 4.78 is 21.7. The van der Waals surface area contributed by atoms with Gasteiger partial charge in [0.2, 0.25) is 11.4 Å². The SMILES string of the molecule is CCCCc1cc2c3c4[n+](ccc3c1)C(CC)(CC)C(C1Cc3ccc(C)cc3-c3cc(C)cc[n+]31)c1ccc(F)c(c1-4)C2(C)C. The predicted octanol–water partition coefficient (Wildman–Crippen LogP) is 9.90. The number of hydrogen-bond donors (Lipinski definition) is 0. The van der Waals surface area contributed by atoms with E-state index in [2.05, 4.69) is 125 Å². The Morgan fingerprint density at radius 3 is 2.41 bits per heavy atom. The molecule has 0 spiro atoms. The lowest BCUT2D eigenvalue weighted by atomic mass is 9.60. The summed E-state index contributed by atoms with van der Waals surface area (Å²) >= 11 is 0. The molecule has 0 fully saturated rings. The third-order valence-electron chi connectivity index (χ3n) is 12.1. The Labute approximate surface area is 273 Å². The summed E-state index contributed by atoms with van der Waals surface area (Å²) in [4.78, 5) is 0. The molecule has 3 heteroatoms. The van der Waals surface area contributed by atoms with Crippen LogP contribution in [0.2, 0.25) is 0 Å². The fraction of sp³-hybridized carbons (Fsp3) is 0.395. The van der Waals surface area contributed by atoms with E-state index in [9.17, 15) is 0 Å². The van der Waals surface area contributed by atoms with E-state index in [0.29, 0.717) is 0 Å². The van der Waals surface area contributed by atoms with Crippen molar-refractivity contribution in [1.29, 1.82) is 0 Å². The average Bonchev–Trinajstić information content (AvgIpc) is 3.05. The minimum atomic E-state index is -0.454. The molecule has 0 amide bonds. The number of benzene rings is 3. The summed E-state index contributed by atoms with van der Waals surface area (Å²) in [6.45, 7) is 15.9. The largest absolute Gasteiger partial charge is 0.221 e. The number of nitrogens with zero attached hydrogens (tertiary/aromatic N) is 2. The standard InChI is InChI=1S/C43H47FN2/c1-8-11-12-28-23-30-18-20-46-41-37(30)33(24-28)42(6,7)40-34(44)16-15-31(38(40)41)39(43(46,9-2)10-3)36-25-29-14-13-26(4)21-32(29)35-22-27(5)17-19-45(35)36/h13-24,36,39H,8-12,25H2,1-7H3/q+2. The van der Waals surface area contributed by atoms with Crippen LogP contribution in [0.1, 0.15) is 111 Å². The summed E-state index contributed by atoms with van der Waals surface area (Å²) in [7, 11) is 0. The van der Waals surface area contributed by atoms with Gasteiger partial charge in [-0.1, -0.05) is 76.9 Å². The maximum atomic E-state index is 16.5. The van der Waals surface area contributed by atoms with Crippen molar-refractivity contribution in [3.8, 4) is 22.5 Å². The van der Waals surface area contributed by atoms with Crippen molar-refractivity contribution in [2.75, 3.05) is 0 Å². The molecule has 2 aromatic heterocycles. The fourth-order valence-corrected chi connectivity index (χ4v) is 9.83. The molecule has 1 aliphatic carbocycles. The summed E-state index contributed by atoms with van der Waals surface area (Å²) in [5, 5.41) is 2.62. The van der Waals surface area contributed by atoms with Gasteiger partial charge in [0.05, 0.1) is 10.9 Å². The van der Waals surface area contributed by atoms with Crippen LogP contribution in [0.15, 0.2) is 73.1 Å². The first kappa shape index (κ1) is 29.5. The highest BCUT2D eigenvalue weighted by Gasteiger charge is 2.60. The Morgan fingerprint density at radius 2 is 1.65 bits per heavy atom. The van der Waals surface area contributed by atoms with E-state index >= 15 is 4.39 Å². The number of aryl methyl sites for hydroxylation is 3. The number of unbranched alkanes of at least 4 members (excludes halogenated alkanes) is 1. The number of fused-ring (bicyclic) bond motifs is 3. The molecular formula is C43H47FN2+2. The van der Waals surface area contributed by atoms with Crippen molar-refractivity contribution >= 4 is 10.8 Å². The van der Waals surface area contributed by atoms with E-state index < -0.39 is 5.41 Å². The molecule has 3 aromatic carbocycles. The zero-order valence-electron chi connectivity index (χ0n) is 28.6. The molecule has 0 saturated heterocycles. The van der Waals surface area contributed by atoms with Crippen LogP contribution in [0.3, 0.4) is 0 Å². The molecule has 2 nitrogen and oxygen atoms in total. The van der Waals surface area contributed by atoms with Crippen LogP contribution in [0.4, 0.5) is 4.39 Å². The normalized spacial score (nSPS) is 19.6. The van der Waals surface area contributed by atoms with Crippen LogP contribution in [-0.2, 0) is 23.8 Å². The van der Waals surface area contributed by atoms with E-state index in [-0.39, 0.29) is 23.3 Å². The van der Waals surface area contributed by atoms with Gasteiger partial charge >= 0.3 is 0 Å². The first-order valence-corrected chi connectivity index (χ1v) is 17.6. The predicted molar refractivity (Wildman–Crippen MR) is 186 cm³/mol. The molecule has 0 N–H and O–H groups in total. The average molecular weight is 611 g/mol. The Bertz CT molecular complexity index is 2060. The van der Waals surface area contributed by atoms with E-state index in [4.69, 9.17) is 0 Å². The fourth-order valence-electron chi connectivity index (χ4n) is 9.83. The lowest BCUT2D eigenvalue weighted by molar-refractivity contribution is -0.785. The summed E-state index contributed by atoms with van der Waals surface area (Å²) in [6.07, 6.45) is 11.0. The van der Waals surface area contributed by atoms with Crippen molar-refractivity contribution in [3.63, 3.8) is 0 Å². The molecule has 0 bridgehead atoms. The van der Waals surface area contributed by atoms with E-state index in [1.54, 1.807) is 6.07 Å². The van der Waals surface area contributed by atoms with Gasteiger partial charge in [-0.15, -0.1) is 0 Å². The molecule has 8 rings (SSSR count). The van der Waals surface area contributed by atoms with Crippen molar-refractivity contribution in [2.45, 2.75) is 110 Å². The molecule has 2 aliphatic heterocycles. The Hall–Kier alpha value is -3.85. The minimum Gasteiger partial charge on any atom is -0.207 e. The van der Waals surface area contributed by atoms with Crippen LogP contribution in [-0.4, -0.2) is 0 Å². The van der Waals surface area contributed by atoms with Gasteiger partial charge in [-0.05, 0) is 72.0 Å². The van der Waals surface area contributed by atoms with Crippen LogP contribution < -0.4 is 9.13 Å². The second-order valence-corrected chi connectivity index (χ2v) is 15.0. The van der Waals surface area contributed by atoms with Gasteiger partial charge in [0.1, 0.15) is 11.7 Å². The quantitative estimate of drug-likeness (QED) is 0.169. The number of hydrogen-bond acceptors (Lipinski definition) is 0. The van der Waals surface area contributed by atoms with Gasteiger partial charge in [-0.25, -0.2) is 4.39 Å². The summed E-state index contributed by atoms with van der Waals surface area (Å²) in [5.41, 5.74) is 13.2. The first-order valence-electron chi connectivity index (χ1n) is 17.6. The van der Waals surface area contributed by atoms with Crippen LogP contribution in [0.25, 0.3) is 33.3 Å². The third kappa shape index (κ3) is 3.87. The van der Waals surface area contributed by atoms with Gasteiger partial charge in [-0.3, -0.25) is 0 Å². The molecule has 2 unspecified atom stereocenters. The molecule has 3 aliphatic rings. The zero-order chi connectivity index (χ0) is 32.1. The van der Waals surface area contributed by atoms with E-state index in [1.807, 2.05) is 0 Å². The van der Waals surface area contributed by atoms with Gasteiger partial charge in [-0.2, -0.15) is 9.13 Å². The number of pyridine rings is 2. The highest BCUT2D eigenvalue weighted by atomic mass is 19.1. The van der Waals surface area contributed by atoms with Crippen molar-refractivity contribution in [2.24, 2.45) is 0 Å². The topological polar surface area (TPSA) is 7.76 Å². The summed E-state index contributed by atoms with van der Waals surface area (Å²) in [5.74, 6) is 0.0817. The highest BCUT2D eigenvalue weighted by molar-refractivity contribution is 6.01. The molecule has 2 atom stereocenters. The van der Waals surface area contributed by atoms with Crippen LogP contribution in [0.5, 0.6) is 0 Å². The monoisotopic (exact) mass is 610 g/mol. The molecule has 0 radical (unpaired) electrons. The van der Waals surface area contributed by atoms with Crippen LogP contribution >= 0.6 is 0 Å². The number of halogens is 1. The van der Waals surface area contributed by atoms with Gasteiger partial charge in [0.15, 0.2) is 24.0 Å². The highest BCUT2D eigenvalue weighted by Crippen LogP contribution is 2.58. The second-order valence-electron chi connectivity index (χ2n) is 15.0. The molecule has 0 saturated carbocycles. The molecule has 4 heterocycles. The van der Waals surface area contributed by atoms with Crippen LogP contribution in [0, 0.1) is 19.7 Å². The molecular weight excluding hydrogens is 563 g/mol. The maximum absolute atomic E-state index is 16.5. The lowest BCUT2D eigenvalue weighted by Crippen LogP contribution is -2.66. The Morgan fingerprint density at radius 1 is 0.870 bits per heavy atom. The van der Waals surface area contributed by atoms with Crippen molar-refractivity contribution < 1.29 is 13.5 Å². The molecule has 234 valence electrons. The smallest absolute Gasteiger partial charge is 0.207 e. The molecule has 5 aromatic rings. The second kappa shape index (κ2) is 10.3. The number of rotatable bonds is 6. The van der Waals surface area contributed by atoms with Crippen molar-refractivity contribution in [3.05, 3.63) is 118 Å². The van der Waals surface area contributed by atoms with E-state index in [1.165, 1.54) is 73.9 Å². The van der Waals surface area contributed by atoms with Gasteiger partial charge < -0.3 is 0 Å². The van der Waals surface area contributed by atoms with E-state index in [0.717, 1.165) is 36.8 Å². The third-order valence-corrected chi connectivity index (χ3v) is 12.1. The number of aromatic nitrogens is 2. The first-order chi connectivity index (χ1) is 22.1. The Balaban J connectivity index is 1.46. The lowest BCUT2D eigenvalue weighted by Gasteiger charge is -2.46. The Kier molecular flexibility index (Phi) is 6.63. The van der Waals surface area contributed by atoms with Crippen molar-refractivity contribution in [1.82, 2.24) is 0 Å². The van der Waals surface area contributed by atoms with Gasteiger partial charge in [0, 0.05) is 54.0 Å². The minimum absolute atomic E-state index is 0.0793. The summed E-state index contributed by atoms with van der Waals surface area (Å²) in [6, 6.07) is 23.0.